The Bertz CT molecular complexity index is 572. The van der Waals surface area contributed by atoms with Crippen LogP contribution in [-0.2, 0) is 4.79 Å². The van der Waals surface area contributed by atoms with Gasteiger partial charge in [-0.1, -0.05) is 24.1 Å². The first-order chi connectivity index (χ1) is 11.5. The maximum absolute atomic E-state index is 12.8. The van der Waals surface area contributed by atoms with Crippen LogP contribution in [0.3, 0.4) is 0 Å². The molecular formula is C19H30ClN3O2. The number of hydrogen-bond acceptors (Lipinski definition) is 3. The molecule has 0 spiro atoms. The van der Waals surface area contributed by atoms with Crippen molar-refractivity contribution in [1.29, 1.82) is 0 Å². The summed E-state index contributed by atoms with van der Waals surface area (Å²) in [6, 6.07) is 5.92. The van der Waals surface area contributed by atoms with Gasteiger partial charge >= 0.3 is 0 Å². The Morgan fingerprint density at radius 2 is 1.84 bits per heavy atom. The van der Waals surface area contributed by atoms with E-state index in [1.54, 1.807) is 0 Å². The molecule has 2 amide bonds. The lowest BCUT2D eigenvalue weighted by molar-refractivity contribution is -0.126. The normalized spacial score (nSPS) is 16.9. The third-order valence-electron chi connectivity index (χ3n) is 4.40. The molecule has 2 N–H and O–H groups in total. The summed E-state index contributed by atoms with van der Waals surface area (Å²) in [5, 5.41) is 6.15. The fraction of sp³-hybridized carbons (Fsp3) is 0.579. The minimum absolute atomic E-state index is 0. The molecule has 1 fully saturated rings. The molecule has 1 aliphatic heterocycles. The van der Waals surface area contributed by atoms with Crippen LogP contribution >= 0.6 is 12.4 Å². The van der Waals surface area contributed by atoms with Gasteiger partial charge in [-0.3, -0.25) is 9.59 Å². The lowest BCUT2D eigenvalue weighted by atomic mass is 9.96. The van der Waals surface area contributed by atoms with Gasteiger partial charge in [0.1, 0.15) is 0 Å². The van der Waals surface area contributed by atoms with E-state index in [0.717, 1.165) is 49.2 Å². The van der Waals surface area contributed by atoms with Crippen molar-refractivity contribution >= 4 is 24.2 Å². The molecule has 0 aromatic heterocycles. The van der Waals surface area contributed by atoms with Crippen LogP contribution in [0.5, 0.6) is 0 Å². The molecule has 6 heteroatoms. The Morgan fingerprint density at radius 3 is 2.48 bits per heavy atom. The first-order valence-corrected chi connectivity index (χ1v) is 8.87. The zero-order valence-electron chi connectivity index (χ0n) is 15.4. The zero-order valence-corrected chi connectivity index (χ0v) is 16.2. The number of nitrogens with zero attached hydrogens (tertiary/aromatic N) is 1. The summed E-state index contributed by atoms with van der Waals surface area (Å²) in [5.74, 6) is -0.00647. The summed E-state index contributed by atoms with van der Waals surface area (Å²) in [7, 11) is 0. The van der Waals surface area contributed by atoms with Crippen LogP contribution in [0.25, 0.3) is 0 Å². The number of likely N-dealkylation sites (tertiary alicyclic amines) is 1. The van der Waals surface area contributed by atoms with E-state index < -0.39 is 0 Å². The highest BCUT2D eigenvalue weighted by Crippen LogP contribution is 2.20. The third-order valence-corrected chi connectivity index (χ3v) is 4.40. The lowest BCUT2D eigenvalue weighted by Crippen LogP contribution is -2.46. The molecule has 25 heavy (non-hydrogen) atoms. The van der Waals surface area contributed by atoms with Crippen molar-refractivity contribution in [1.82, 2.24) is 15.5 Å². The highest BCUT2D eigenvalue weighted by molar-refractivity contribution is 5.95. The summed E-state index contributed by atoms with van der Waals surface area (Å²) in [6.07, 6.45) is 1.73. The quantitative estimate of drug-likeness (QED) is 0.758. The zero-order chi connectivity index (χ0) is 17.5. The van der Waals surface area contributed by atoms with Crippen molar-refractivity contribution in [2.45, 2.75) is 33.6 Å². The maximum atomic E-state index is 12.8. The van der Waals surface area contributed by atoms with E-state index in [1.165, 1.54) is 0 Å². The van der Waals surface area contributed by atoms with Crippen LogP contribution in [0.4, 0.5) is 0 Å². The Hall–Kier alpha value is -1.59. The van der Waals surface area contributed by atoms with E-state index >= 15 is 0 Å². The predicted molar refractivity (Wildman–Crippen MR) is 103 cm³/mol. The third kappa shape index (κ3) is 6.33. The van der Waals surface area contributed by atoms with Gasteiger partial charge in [-0.05, 0) is 45.4 Å². The van der Waals surface area contributed by atoms with Gasteiger partial charge in [0.15, 0.2) is 0 Å². The second kappa shape index (κ2) is 10.4. The smallest absolute Gasteiger partial charge is 0.253 e. The number of likely N-dealkylation sites (N-methyl/N-ethyl adjacent to an activating group) is 1. The number of rotatable bonds is 6. The van der Waals surface area contributed by atoms with E-state index in [-0.39, 0.29) is 30.1 Å². The molecule has 1 aromatic rings. The number of halogens is 1. The Kier molecular flexibility index (Phi) is 8.93. The van der Waals surface area contributed by atoms with Crippen LogP contribution in [0.15, 0.2) is 18.2 Å². The molecule has 2 rings (SSSR count). The number of benzene rings is 1. The fourth-order valence-corrected chi connectivity index (χ4v) is 3.25. The van der Waals surface area contributed by atoms with Crippen molar-refractivity contribution in [3.05, 3.63) is 34.9 Å². The van der Waals surface area contributed by atoms with E-state index in [9.17, 15) is 9.59 Å². The van der Waals surface area contributed by atoms with Crippen molar-refractivity contribution in [3.63, 3.8) is 0 Å². The molecule has 1 heterocycles. The number of amides is 2. The molecule has 0 bridgehead atoms. The highest BCUT2D eigenvalue weighted by Gasteiger charge is 2.28. The highest BCUT2D eigenvalue weighted by atomic mass is 35.5. The van der Waals surface area contributed by atoms with Gasteiger partial charge in [-0.2, -0.15) is 0 Å². The molecule has 140 valence electrons. The minimum atomic E-state index is -0.102. The molecule has 0 saturated carbocycles. The molecular weight excluding hydrogens is 338 g/mol. The van der Waals surface area contributed by atoms with E-state index in [2.05, 4.69) is 16.7 Å². The molecule has 5 nitrogen and oxygen atoms in total. The monoisotopic (exact) mass is 367 g/mol. The molecule has 1 aliphatic rings. The number of nitrogens with one attached hydrogen (secondary N) is 2. The molecule has 0 radical (unpaired) electrons. The van der Waals surface area contributed by atoms with Gasteiger partial charge in [0, 0.05) is 31.7 Å². The van der Waals surface area contributed by atoms with Crippen molar-refractivity contribution in [2.24, 2.45) is 5.92 Å². The van der Waals surface area contributed by atoms with Crippen molar-refractivity contribution in [3.8, 4) is 0 Å². The lowest BCUT2D eigenvalue weighted by Gasteiger charge is -2.32. The molecule has 1 saturated heterocycles. The van der Waals surface area contributed by atoms with E-state index in [1.807, 2.05) is 37.8 Å². The van der Waals surface area contributed by atoms with Crippen LogP contribution in [0.1, 0.15) is 41.3 Å². The Morgan fingerprint density at radius 1 is 1.16 bits per heavy atom. The largest absolute Gasteiger partial charge is 0.355 e. The van der Waals surface area contributed by atoms with E-state index in [0.29, 0.717) is 13.1 Å². The summed E-state index contributed by atoms with van der Waals surface area (Å²) in [5.41, 5.74) is 2.90. The summed E-state index contributed by atoms with van der Waals surface area (Å²) in [6.45, 7) is 9.60. The second-order valence-corrected chi connectivity index (χ2v) is 6.61. The Labute approximate surface area is 157 Å². The summed E-state index contributed by atoms with van der Waals surface area (Å²) < 4.78 is 0. The van der Waals surface area contributed by atoms with Gasteiger partial charge in [-0.15, -0.1) is 12.4 Å². The minimum Gasteiger partial charge on any atom is -0.355 e. The topological polar surface area (TPSA) is 61.4 Å². The van der Waals surface area contributed by atoms with Gasteiger partial charge in [0.2, 0.25) is 5.91 Å². The summed E-state index contributed by atoms with van der Waals surface area (Å²) in [4.78, 5) is 26.9. The van der Waals surface area contributed by atoms with Crippen LogP contribution in [0.2, 0.25) is 0 Å². The average molecular weight is 368 g/mol. The van der Waals surface area contributed by atoms with Crippen LogP contribution in [-0.4, -0.2) is 49.4 Å². The van der Waals surface area contributed by atoms with E-state index in [4.69, 9.17) is 0 Å². The van der Waals surface area contributed by atoms with Gasteiger partial charge < -0.3 is 15.5 Å². The Balaban J connectivity index is 0.00000312. The molecule has 1 aromatic carbocycles. The van der Waals surface area contributed by atoms with Crippen molar-refractivity contribution < 1.29 is 9.59 Å². The fourth-order valence-electron chi connectivity index (χ4n) is 3.25. The number of carbonyl (C=O) groups excluding carboxylic acids is 2. The molecule has 1 atom stereocenters. The first kappa shape index (κ1) is 21.5. The molecule has 1 unspecified atom stereocenters. The predicted octanol–water partition coefficient (Wildman–Crippen LogP) is 2.30. The second-order valence-electron chi connectivity index (χ2n) is 6.61. The van der Waals surface area contributed by atoms with Crippen LogP contribution < -0.4 is 10.6 Å². The van der Waals surface area contributed by atoms with Gasteiger partial charge in [-0.25, -0.2) is 0 Å². The number of aryl methyl sites for hydroxylation is 2. The van der Waals surface area contributed by atoms with Crippen molar-refractivity contribution in [2.75, 3.05) is 32.7 Å². The number of piperidine rings is 1. The summed E-state index contributed by atoms with van der Waals surface area (Å²) >= 11 is 0. The molecule has 0 aliphatic carbocycles. The van der Waals surface area contributed by atoms with Gasteiger partial charge in [0.25, 0.3) is 5.91 Å². The number of carbonyl (C=O) groups is 2. The maximum Gasteiger partial charge on any atom is 0.253 e. The van der Waals surface area contributed by atoms with Crippen LogP contribution in [0, 0.1) is 19.8 Å². The van der Waals surface area contributed by atoms with Gasteiger partial charge in [0.05, 0.1) is 5.92 Å². The number of hydrogen-bond donors (Lipinski definition) is 2. The standard InChI is InChI=1S/C19H29N3O2.ClH/c1-4-20-7-8-21-18(23)16-6-5-9-22(13-16)19(24)17-11-14(2)10-15(3)12-17;/h10-12,16,20H,4-9,13H2,1-3H3,(H,21,23);1H. The first-order valence-electron chi connectivity index (χ1n) is 8.87. The SMILES string of the molecule is CCNCCNC(=O)C1CCCN(C(=O)c2cc(C)cc(C)c2)C1.Cl. The average Bonchev–Trinajstić information content (AvgIpc) is 2.57.